The molecule has 45 heavy (non-hydrogen) atoms. The minimum absolute atomic E-state index is 0.0442. The van der Waals surface area contributed by atoms with Gasteiger partial charge in [-0.05, 0) is 80.7 Å². The highest BCUT2D eigenvalue weighted by Gasteiger charge is 2.63. The van der Waals surface area contributed by atoms with Crippen molar-refractivity contribution in [2.75, 3.05) is 55.4 Å². The Morgan fingerprint density at radius 3 is 2.40 bits per heavy atom. The third-order valence-electron chi connectivity index (χ3n) is 10.1. The Morgan fingerprint density at radius 2 is 1.73 bits per heavy atom. The third kappa shape index (κ3) is 5.53. The van der Waals surface area contributed by atoms with Crippen LogP contribution in [0.15, 0.2) is 36.4 Å². The molecule has 3 aromatic rings. The SMILES string of the molecule is COc1ccc2c(c1)[C@@H]1CC1(C(=O)N(C)CCN(C)C)Cn1c-2c(C2CCCCC2)c2ccc(C(=O)NS(=O)(=O)N(C)C)cc21. The van der Waals surface area contributed by atoms with Crippen LogP contribution >= 0.6 is 0 Å². The molecule has 2 heterocycles. The Balaban J connectivity index is 1.56. The van der Waals surface area contributed by atoms with Gasteiger partial charge in [0.2, 0.25) is 5.91 Å². The van der Waals surface area contributed by atoms with Gasteiger partial charge < -0.3 is 19.1 Å². The van der Waals surface area contributed by atoms with Crippen LogP contribution in [-0.4, -0.2) is 94.3 Å². The molecule has 2 aliphatic carbocycles. The summed E-state index contributed by atoms with van der Waals surface area (Å²) in [7, 11) is 6.38. The Hall–Kier alpha value is -3.41. The highest BCUT2D eigenvalue weighted by Crippen LogP contribution is 2.66. The topological polar surface area (TPSA) is 104 Å². The number of nitrogens with zero attached hydrogens (tertiary/aromatic N) is 4. The first-order valence-corrected chi connectivity index (χ1v) is 17.3. The lowest BCUT2D eigenvalue weighted by atomic mass is 9.81. The van der Waals surface area contributed by atoms with Crippen LogP contribution in [0, 0.1) is 5.41 Å². The van der Waals surface area contributed by atoms with Crippen molar-refractivity contribution in [3.05, 3.63) is 53.1 Å². The number of hydrogen-bond acceptors (Lipinski definition) is 6. The molecule has 0 bridgehead atoms. The molecule has 1 N–H and O–H groups in total. The molecule has 2 fully saturated rings. The van der Waals surface area contributed by atoms with Crippen LogP contribution in [0.25, 0.3) is 22.2 Å². The molecule has 10 nitrogen and oxygen atoms in total. The molecule has 242 valence electrons. The average Bonchev–Trinajstić information content (AvgIpc) is 3.69. The fourth-order valence-electron chi connectivity index (χ4n) is 7.52. The number of ether oxygens (including phenoxy) is 1. The molecule has 0 saturated heterocycles. The van der Waals surface area contributed by atoms with Gasteiger partial charge in [0, 0.05) is 68.7 Å². The minimum Gasteiger partial charge on any atom is -0.497 e. The number of amides is 2. The standard InChI is InChI=1S/C34H45N5O5S/c1-36(2)16-17-38(5)33(41)34-20-28(34)27-19-24(44-6)13-15-25(27)31-30(22-10-8-7-9-11-22)26-14-12-23(18-29(26)39(31)21-34)32(40)35-45(42,43)37(3)4/h12-15,18-19,22,28H,7-11,16-17,20-21H2,1-6H3,(H,35,40)/t28-,34?/m0/s1. The van der Waals surface area contributed by atoms with Crippen LogP contribution in [0.2, 0.25) is 0 Å². The lowest BCUT2D eigenvalue weighted by molar-refractivity contribution is -0.136. The highest BCUT2D eigenvalue weighted by atomic mass is 32.2. The number of fused-ring (bicyclic) bond motifs is 7. The molecular formula is C34H45N5O5S. The van der Waals surface area contributed by atoms with Gasteiger partial charge in [-0.1, -0.05) is 25.3 Å². The molecule has 2 saturated carbocycles. The number of likely N-dealkylation sites (N-methyl/N-ethyl adjacent to an activating group) is 2. The molecule has 1 unspecified atom stereocenters. The first-order chi connectivity index (χ1) is 21.4. The number of aromatic nitrogens is 1. The average molecular weight is 636 g/mol. The Morgan fingerprint density at radius 1 is 1.00 bits per heavy atom. The molecule has 11 heteroatoms. The second-order valence-corrected chi connectivity index (χ2v) is 15.4. The summed E-state index contributed by atoms with van der Waals surface area (Å²) in [6.07, 6.45) is 6.45. The van der Waals surface area contributed by atoms with Crippen LogP contribution in [0.4, 0.5) is 0 Å². The lowest BCUT2D eigenvalue weighted by Crippen LogP contribution is -2.40. The van der Waals surface area contributed by atoms with Gasteiger partial charge in [0.05, 0.1) is 18.2 Å². The number of methoxy groups -OCH3 is 1. The molecule has 1 aliphatic heterocycles. The molecule has 2 amide bonds. The summed E-state index contributed by atoms with van der Waals surface area (Å²) in [4.78, 5) is 31.6. The quantitative estimate of drug-likeness (QED) is 0.374. The summed E-state index contributed by atoms with van der Waals surface area (Å²) in [5.74, 6) is 0.612. The fourth-order valence-corrected chi connectivity index (χ4v) is 8.06. The van der Waals surface area contributed by atoms with E-state index in [1.807, 2.05) is 44.2 Å². The van der Waals surface area contributed by atoms with Crippen LogP contribution in [0.3, 0.4) is 0 Å². The van der Waals surface area contributed by atoms with Gasteiger partial charge in [-0.2, -0.15) is 12.7 Å². The van der Waals surface area contributed by atoms with Crippen LogP contribution in [-0.2, 0) is 21.5 Å². The zero-order valence-corrected chi connectivity index (χ0v) is 28.0. The van der Waals surface area contributed by atoms with Crippen molar-refractivity contribution in [2.24, 2.45) is 5.41 Å². The van der Waals surface area contributed by atoms with Crippen LogP contribution < -0.4 is 9.46 Å². The van der Waals surface area contributed by atoms with Crippen molar-refractivity contribution in [3.63, 3.8) is 0 Å². The van der Waals surface area contributed by atoms with E-state index >= 15 is 0 Å². The summed E-state index contributed by atoms with van der Waals surface area (Å²) in [5, 5.41) is 1.06. The fraction of sp³-hybridized carbons (Fsp3) is 0.529. The second kappa shape index (κ2) is 11.7. The summed E-state index contributed by atoms with van der Waals surface area (Å²) < 4.78 is 36.1. The first-order valence-electron chi connectivity index (χ1n) is 15.9. The van der Waals surface area contributed by atoms with E-state index in [4.69, 9.17) is 4.74 Å². The molecular weight excluding hydrogens is 590 g/mol. The van der Waals surface area contributed by atoms with Gasteiger partial charge >= 0.3 is 10.2 Å². The molecule has 0 spiro atoms. The molecule has 1 aromatic heterocycles. The maximum Gasteiger partial charge on any atom is 0.303 e. The number of hydrogen-bond donors (Lipinski definition) is 1. The second-order valence-electron chi connectivity index (χ2n) is 13.5. The van der Waals surface area contributed by atoms with Crippen LogP contribution in [0.5, 0.6) is 5.75 Å². The van der Waals surface area contributed by atoms with Crippen molar-refractivity contribution >= 4 is 32.9 Å². The largest absolute Gasteiger partial charge is 0.497 e. The van der Waals surface area contributed by atoms with Gasteiger partial charge in [-0.15, -0.1) is 0 Å². The number of nitrogens with one attached hydrogen (secondary N) is 1. The number of carbonyl (C=O) groups excluding carboxylic acids is 2. The van der Waals surface area contributed by atoms with Gasteiger partial charge in [0.25, 0.3) is 5.91 Å². The van der Waals surface area contributed by atoms with Gasteiger partial charge in [0.1, 0.15) is 5.75 Å². The Bertz CT molecular complexity index is 1760. The number of rotatable bonds is 9. The summed E-state index contributed by atoms with van der Waals surface area (Å²) in [5.41, 5.74) is 5.13. The van der Waals surface area contributed by atoms with Gasteiger partial charge in [-0.3, -0.25) is 9.59 Å². The summed E-state index contributed by atoms with van der Waals surface area (Å²) in [6.45, 7) is 1.88. The Labute approximate surface area is 266 Å². The van der Waals surface area contributed by atoms with Gasteiger partial charge in [-0.25, -0.2) is 4.72 Å². The van der Waals surface area contributed by atoms with E-state index in [1.165, 1.54) is 26.1 Å². The van der Waals surface area contributed by atoms with Crippen molar-refractivity contribution in [1.82, 2.24) is 23.4 Å². The predicted octanol–water partition coefficient (Wildman–Crippen LogP) is 4.41. The minimum atomic E-state index is -3.96. The maximum atomic E-state index is 14.4. The van der Waals surface area contributed by atoms with Crippen LogP contribution in [0.1, 0.15) is 71.8 Å². The van der Waals surface area contributed by atoms with E-state index in [1.54, 1.807) is 13.2 Å². The van der Waals surface area contributed by atoms with Crippen molar-refractivity contribution in [3.8, 4) is 17.0 Å². The molecule has 2 aromatic carbocycles. The smallest absolute Gasteiger partial charge is 0.303 e. The lowest BCUT2D eigenvalue weighted by Gasteiger charge is -2.26. The van der Waals surface area contributed by atoms with E-state index < -0.39 is 21.5 Å². The van der Waals surface area contributed by atoms with E-state index in [0.717, 1.165) is 76.4 Å². The predicted molar refractivity (Wildman–Crippen MR) is 176 cm³/mol. The molecule has 2 atom stereocenters. The van der Waals surface area contributed by atoms with Gasteiger partial charge in [0.15, 0.2) is 0 Å². The highest BCUT2D eigenvalue weighted by molar-refractivity contribution is 7.87. The van der Waals surface area contributed by atoms with E-state index in [2.05, 4.69) is 26.3 Å². The Kier molecular flexibility index (Phi) is 8.24. The van der Waals surface area contributed by atoms with E-state index in [0.29, 0.717) is 19.0 Å². The zero-order valence-electron chi connectivity index (χ0n) is 27.2. The van der Waals surface area contributed by atoms with Crippen molar-refractivity contribution in [1.29, 1.82) is 0 Å². The third-order valence-corrected chi connectivity index (χ3v) is 11.5. The van der Waals surface area contributed by atoms with E-state index in [-0.39, 0.29) is 17.4 Å². The molecule has 3 aliphatic rings. The molecule has 0 radical (unpaired) electrons. The maximum absolute atomic E-state index is 14.4. The van der Waals surface area contributed by atoms with E-state index in [9.17, 15) is 18.0 Å². The van der Waals surface area contributed by atoms with Crippen molar-refractivity contribution < 1.29 is 22.7 Å². The molecule has 6 rings (SSSR count). The zero-order chi connectivity index (χ0) is 32.3. The normalized spacial score (nSPS) is 21.2. The first kappa shape index (κ1) is 31.6. The summed E-state index contributed by atoms with van der Waals surface area (Å²) >= 11 is 0. The number of benzene rings is 2. The summed E-state index contributed by atoms with van der Waals surface area (Å²) in [6, 6.07) is 11.8. The number of carbonyl (C=O) groups is 2. The van der Waals surface area contributed by atoms with Crippen molar-refractivity contribution in [2.45, 2.75) is 56.9 Å². The monoisotopic (exact) mass is 635 g/mol.